The van der Waals surface area contributed by atoms with Crippen molar-refractivity contribution in [3.8, 4) is 5.75 Å². The number of methoxy groups -OCH3 is 1. The monoisotopic (exact) mass is 250 g/mol. The highest BCUT2D eigenvalue weighted by Crippen LogP contribution is 2.12. The number of carbonyl (C=O) groups is 1. The van der Waals surface area contributed by atoms with Crippen molar-refractivity contribution in [2.45, 2.75) is 25.8 Å². The fraction of sp³-hybridized carbons (Fsp3) is 0.500. The third-order valence-electron chi connectivity index (χ3n) is 2.77. The van der Waals surface area contributed by atoms with Crippen LogP contribution in [0.25, 0.3) is 0 Å². The number of aryl methyl sites for hydroxylation is 1. The smallest absolute Gasteiger partial charge is 0.222 e. The van der Waals surface area contributed by atoms with Gasteiger partial charge in [0.25, 0.3) is 0 Å². The summed E-state index contributed by atoms with van der Waals surface area (Å²) in [6.07, 6.45) is 1.25. The molecule has 0 fully saturated rings. The molecular weight excluding hydrogens is 228 g/mol. The molecule has 1 aromatic rings. The van der Waals surface area contributed by atoms with Crippen LogP contribution in [0, 0.1) is 0 Å². The van der Waals surface area contributed by atoms with Crippen LogP contribution in [0.3, 0.4) is 0 Å². The fourth-order valence-electron chi connectivity index (χ4n) is 1.77. The highest BCUT2D eigenvalue weighted by Gasteiger charge is 2.10. The molecule has 0 aliphatic rings. The summed E-state index contributed by atoms with van der Waals surface area (Å²) in [5.41, 5.74) is 6.80. The molecular formula is C14H22N2O2. The first kappa shape index (κ1) is 14.5. The molecule has 1 amide bonds. The zero-order valence-electron chi connectivity index (χ0n) is 11.3. The molecule has 0 aliphatic carbocycles. The average molecular weight is 250 g/mol. The summed E-state index contributed by atoms with van der Waals surface area (Å²) in [6.45, 7) is 2.49. The Labute approximate surface area is 109 Å². The Balaban J connectivity index is 2.41. The fourth-order valence-corrected chi connectivity index (χ4v) is 1.77. The van der Waals surface area contributed by atoms with Crippen molar-refractivity contribution in [3.05, 3.63) is 29.8 Å². The van der Waals surface area contributed by atoms with Gasteiger partial charge in [0.2, 0.25) is 5.91 Å². The lowest BCUT2D eigenvalue weighted by atomic mass is 10.1. The number of rotatable bonds is 6. The van der Waals surface area contributed by atoms with E-state index >= 15 is 0 Å². The average Bonchev–Trinajstić information content (AvgIpc) is 2.35. The molecule has 1 atom stereocenters. The van der Waals surface area contributed by atoms with Crippen LogP contribution in [-0.2, 0) is 11.2 Å². The van der Waals surface area contributed by atoms with Gasteiger partial charge >= 0.3 is 0 Å². The molecule has 0 heterocycles. The van der Waals surface area contributed by atoms with E-state index in [2.05, 4.69) is 0 Å². The maximum atomic E-state index is 11.8. The minimum Gasteiger partial charge on any atom is -0.497 e. The van der Waals surface area contributed by atoms with Gasteiger partial charge in [-0.2, -0.15) is 0 Å². The number of hydrogen-bond acceptors (Lipinski definition) is 3. The second-order valence-corrected chi connectivity index (χ2v) is 4.60. The lowest BCUT2D eigenvalue weighted by Gasteiger charge is -2.19. The topological polar surface area (TPSA) is 55.6 Å². The number of nitrogens with zero attached hydrogens (tertiary/aromatic N) is 1. The van der Waals surface area contributed by atoms with E-state index in [0.29, 0.717) is 13.0 Å². The van der Waals surface area contributed by atoms with Crippen molar-refractivity contribution >= 4 is 5.91 Å². The number of carbonyl (C=O) groups excluding carboxylic acids is 1. The SMILES string of the molecule is COc1ccc(CCC(=O)N(C)CC(C)N)cc1. The molecule has 4 heteroatoms. The zero-order valence-corrected chi connectivity index (χ0v) is 11.3. The molecule has 0 aliphatic heterocycles. The molecule has 18 heavy (non-hydrogen) atoms. The Hall–Kier alpha value is -1.55. The van der Waals surface area contributed by atoms with Gasteiger partial charge in [-0.3, -0.25) is 4.79 Å². The third kappa shape index (κ3) is 4.75. The molecule has 1 aromatic carbocycles. The van der Waals surface area contributed by atoms with E-state index in [0.717, 1.165) is 17.7 Å². The van der Waals surface area contributed by atoms with E-state index in [1.807, 2.05) is 31.2 Å². The van der Waals surface area contributed by atoms with Crippen molar-refractivity contribution in [3.63, 3.8) is 0 Å². The van der Waals surface area contributed by atoms with Crippen LogP contribution in [-0.4, -0.2) is 37.6 Å². The first-order valence-electron chi connectivity index (χ1n) is 6.15. The second kappa shape index (κ2) is 7.01. The van der Waals surface area contributed by atoms with Gasteiger partial charge in [0.15, 0.2) is 0 Å². The van der Waals surface area contributed by atoms with Gasteiger partial charge in [0.05, 0.1) is 7.11 Å². The maximum absolute atomic E-state index is 11.8. The van der Waals surface area contributed by atoms with Crippen LogP contribution in [0.4, 0.5) is 0 Å². The summed E-state index contributed by atoms with van der Waals surface area (Å²) < 4.78 is 5.09. The molecule has 100 valence electrons. The zero-order chi connectivity index (χ0) is 13.5. The molecule has 2 N–H and O–H groups in total. The lowest BCUT2D eigenvalue weighted by molar-refractivity contribution is -0.130. The molecule has 1 rings (SSSR count). The number of ether oxygens (including phenoxy) is 1. The summed E-state index contributed by atoms with van der Waals surface area (Å²) in [5, 5.41) is 0. The standard InChI is InChI=1S/C14H22N2O2/c1-11(15)10-16(2)14(17)9-6-12-4-7-13(18-3)8-5-12/h4-5,7-8,11H,6,9-10,15H2,1-3H3. The summed E-state index contributed by atoms with van der Waals surface area (Å²) in [5.74, 6) is 0.960. The van der Waals surface area contributed by atoms with Crippen LogP contribution in [0.15, 0.2) is 24.3 Å². The van der Waals surface area contributed by atoms with Gasteiger partial charge < -0.3 is 15.4 Å². The molecule has 0 radical (unpaired) electrons. The number of likely N-dealkylation sites (N-methyl/N-ethyl adjacent to an activating group) is 1. The van der Waals surface area contributed by atoms with Crippen molar-refractivity contribution < 1.29 is 9.53 Å². The summed E-state index contributed by atoms with van der Waals surface area (Å²) in [6, 6.07) is 7.80. The largest absolute Gasteiger partial charge is 0.497 e. The molecule has 0 bridgehead atoms. The Morgan fingerprint density at radius 3 is 2.50 bits per heavy atom. The van der Waals surface area contributed by atoms with Gasteiger partial charge in [-0.15, -0.1) is 0 Å². The predicted octanol–water partition coefficient (Wildman–Crippen LogP) is 1.43. The van der Waals surface area contributed by atoms with Crippen LogP contribution in [0.1, 0.15) is 18.9 Å². The van der Waals surface area contributed by atoms with E-state index in [1.165, 1.54) is 0 Å². The van der Waals surface area contributed by atoms with E-state index in [-0.39, 0.29) is 11.9 Å². The molecule has 0 saturated carbocycles. The van der Waals surface area contributed by atoms with E-state index < -0.39 is 0 Å². The third-order valence-corrected chi connectivity index (χ3v) is 2.77. The van der Waals surface area contributed by atoms with Gasteiger partial charge in [-0.25, -0.2) is 0 Å². The van der Waals surface area contributed by atoms with Crippen LogP contribution >= 0.6 is 0 Å². The van der Waals surface area contributed by atoms with E-state index in [9.17, 15) is 4.79 Å². The highest BCUT2D eigenvalue weighted by molar-refractivity contribution is 5.76. The van der Waals surface area contributed by atoms with Crippen LogP contribution < -0.4 is 10.5 Å². The van der Waals surface area contributed by atoms with Gasteiger partial charge in [-0.1, -0.05) is 12.1 Å². The number of amides is 1. The summed E-state index contributed by atoms with van der Waals surface area (Å²) >= 11 is 0. The van der Waals surface area contributed by atoms with Crippen molar-refractivity contribution in [2.24, 2.45) is 5.73 Å². The molecule has 0 spiro atoms. The Kier molecular flexibility index (Phi) is 5.65. The highest BCUT2D eigenvalue weighted by atomic mass is 16.5. The Morgan fingerprint density at radius 2 is 2.00 bits per heavy atom. The number of benzene rings is 1. The van der Waals surface area contributed by atoms with Crippen molar-refractivity contribution in [1.29, 1.82) is 0 Å². The van der Waals surface area contributed by atoms with E-state index in [1.54, 1.807) is 19.1 Å². The molecule has 4 nitrogen and oxygen atoms in total. The van der Waals surface area contributed by atoms with E-state index in [4.69, 9.17) is 10.5 Å². The lowest BCUT2D eigenvalue weighted by Crippen LogP contribution is -2.37. The Morgan fingerprint density at radius 1 is 1.39 bits per heavy atom. The van der Waals surface area contributed by atoms with Gasteiger partial charge in [0, 0.05) is 26.1 Å². The molecule has 0 aromatic heterocycles. The number of hydrogen-bond donors (Lipinski definition) is 1. The predicted molar refractivity (Wildman–Crippen MR) is 72.6 cm³/mol. The van der Waals surface area contributed by atoms with Gasteiger partial charge in [-0.05, 0) is 31.0 Å². The van der Waals surface area contributed by atoms with Crippen molar-refractivity contribution in [1.82, 2.24) is 4.90 Å². The Bertz CT molecular complexity index is 374. The number of nitrogens with two attached hydrogens (primary N) is 1. The summed E-state index contributed by atoms with van der Waals surface area (Å²) in [4.78, 5) is 13.5. The van der Waals surface area contributed by atoms with Crippen LogP contribution in [0.2, 0.25) is 0 Å². The molecule has 0 saturated heterocycles. The second-order valence-electron chi connectivity index (χ2n) is 4.60. The maximum Gasteiger partial charge on any atom is 0.222 e. The van der Waals surface area contributed by atoms with Crippen molar-refractivity contribution in [2.75, 3.05) is 20.7 Å². The van der Waals surface area contributed by atoms with Crippen LogP contribution in [0.5, 0.6) is 5.75 Å². The minimum atomic E-state index is 0.0138. The minimum absolute atomic E-state index is 0.0138. The molecule has 1 unspecified atom stereocenters. The quantitative estimate of drug-likeness (QED) is 0.831. The first-order valence-corrected chi connectivity index (χ1v) is 6.15. The normalized spacial score (nSPS) is 12.0. The summed E-state index contributed by atoms with van der Waals surface area (Å²) in [7, 11) is 3.43. The van der Waals surface area contributed by atoms with Gasteiger partial charge in [0.1, 0.15) is 5.75 Å². The first-order chi connectivity index (χ1) is 8.52.